The van der Waals surface area contributed by atoms with E-state index < -0.39 is 0 Å². The highest BCUT2D eigenvalue weighted by atomic mass is 16.3. The van der Waals surface area contributed by atoms with Crippen molar-refractivity contribution < 1.29 is 5.11 Å². The van der Waals surface area contributed by atoms with E-state index in [9.17, 15) is 10.4 Å². The van der Waals surface area contributed by atoms with Crippen molar-refractivity contribution >= 4 is 11.6 Å². The van der Waals surface area contributed by atoms with Crippen molar-refractivity contribution in [3.05, 3.63) is 5.56 Å². The van der Waals surface area contributed by atoms with Crippen LogP contribution in [-0.2, 0) is 6.54 Å². The van der Waals surface area contributed by atoms with Gasteiger partial charge in [0.05, 0.1) is 0 Å². The van der Waals surface area contributed by atoms with Gasteiger partial charge >= 0.3 is 0 Å². The molecule has 0 aromatic carbocycles. The number of aliphatic hydroxyl groups excluding tert-OH is 1. The molecule has 0 bridgehead atoms. The van der Waals surface area contributed by atoms with Gasteiger partial charge in [0.1, 0.15) is 17.5 Å². The fraction of sp³-hybridized carbons (Fsp3) is 0.733. The Morgan fingerprint density at radius 1 is 1.52 bits per heavy atom. The summed E-state index contributed by atoms with van der Waals surface area (Å²) < 4.78 is 1.75. The van der Waals surface area contributed by atoms with Gasteiger partial charge in [-0.3, -0.25) is 0 Å². The van der Waals surface area contributed by atoms with Crippen LogP contribution in [-0.4, -0.2) is 34.6 Å². The third-order valence-electron chi connectivity index (χ3n) is 4.08. The number of nitrogens with zero attached hydrogens (tertiary/aromatic N) is 4. The van der Waals surface area contributed by atoms with Crippen molar-refractivity contribution in [2.75, 3.05) is 30.3 Å². The maximum absolute atomic E-state index is 9.38. The first-order chi connectivity index (χ1) is 10.1. The van der Waals surface area contributed by atoms with Crippen LogP contribution in [0.25, 0.3) is 0 Å². The first-order valence-electron chi connectivity index (χ1n) is 7.69. The molecule has 1 aromatic rings. The number of anilines is 2. The van der Waals surface area contributed by atoms with Crippen LogP contribution in [0.1, 0.15) is 38.7 Å². The predicted molar refractivity (Wildman–Crippen MR) is 82.8 cm³/mol. The Bertz CT molecular complexity index is 517. The molecule has 1 aliphatic rings. The summed E-state index contributed by atoms with van der Waals surface area (Å²) in [7, 11) is 0. The molecule has 1 atom stereocenters. The lowest BCUT2D eigenvalue weighted by molar-refractivity contribution is 0.208. The Labute approximate surface area is 126 Å². The predicted octanol–water partition coefficient (Wildman–Crippen LogP) is 1.59. The van der Waals surface area contributed by atoms with E-state index in [1.54, 1.807) is 4.68 Å². The fourth-order valence-corrected chi connectivity index (χ4v) is 2.75. The maximum atomic E-state index is 9.38. The number of aryl methyl sites for hydroxylation is 1. The van der Waals surface area contributed by atoms with Crippen molar-refractivity contribution in [2.45, 2.75) is 39.7 Å². The molecule has 2 heterocycles. The molecule has 6 heteroatoms. The summed E-state index contributed by atoms with van der Waals surface area (Å²) in [5.41, 5.74) is 6.55. The second-order valence-electron chi connectivity index (χ2n) is 6.24. The Hall–Kier alpha value is -1.74. The molecular formula is C15H25N5O. The van der Waals surface area contributed by atoms with E-state index in [1.165, 1.54) is 0 Å². The lowest BCUT2D eigenvalue weighted by atomic mass is 9.99. The van der Waals surface area contributed by atoms with E-state index >= 15 is 0 Å². The Balaban J connectivity index is 2.22. The zero-order valence-corrected chi connectivity index (χ0v) is 12.9. The van der Waals surface area contributed by atoms with Crippen molar-refractivity contribution in [1.82, 2.24) is 9.78 Å². The summed E-state index contributed by atoms with van der Waals surface area (Å²) in [6.07, 6.45) is 3.02. The zero-order chi connectivity index (χ0) is 15.4. The number of rotatable bonds is 5. The van der Waals surface area contributed by atoms with Crippen LogP contribution in [0, 0.1) is 23.2 Å². The van der Waals surface area contributed by atoms with Crippen molar-refractivity contribution in [3.8, 4) is 6.07 Å². The Morgan fingerprint density at radius 3 is 2.90 bits per heavy atom. The molecule has 3 N–H and O–H groups in total. The first-order valence-corrected chi connectivity index (χ1v) is 7.69. The number of aliphatic hydroxyl groups is 1. The molecule has 1 unspecified atom stereocenters. The molecule has 0 aliphatic carbocycles. The van der Waals surface area contributed by atoms with Gasteiger partial charge in [-0.15, -0.1) is 0 Å². The molecule has 2 rings (SSSR count). The molecule has 1 fully saturated rings. The number of aromatic nitrogens is 2. The number of hydrogen-bond acceptors (Lipinski definition) is 5. The van der Waals surface area contributed by atoms with E-state index in [4.69, 9.17) is 5.73 Å². The quantitative estimate of drug-likeness (QED) is 0.859. The maximum Gasteiger partial charge on any atom is 0.170 e. The summed E-state index contributed by atoms with van der Waals surface area (Å²) in [5, 5.41) is 23.3. The van der Waals surface area contributed by atoms with Gasteiger partial charge in [-0.05, 0) is 31.1 Å². The topological polar surface area (TPSA) is 91.1 Å². The van der Waals surface area contributed by atoms with Crippen LogP contribution >= 0.6 is 0 Å². The summed E-state index contributed by atoms with van der Waals surface area (Å²) in [6.45, 7) is 6.83. The molecular weight excluding hydrogens is 266 g/mol. The zero-order valence-electron chi connectivity index (χ0n) is 12.9. The lowest BCUT2D eigenvalue weighted by Gasteiger charge is -2.32. The van der Waals surface area contributed by atoms with E-state index in [-0.39, 0.29) is 12.5 Å². The van der Waals surface area contributed by atoms with E-state index in [0.717, 1.165) is 38.9 Å². The Kier molecular flexibility index (Phi) is 5.07. The standard InChI is InChI=1S/C15H25N5O/c1-11(2)5-7-20-14(17)13(8-16)15(18-20)19-6-3-4-12(9-19)10-21/h11-12,21H,3-7,9-10,17H2,1-2H3. The highest BCUT2D eigenvalue weighted by Crippen LogP contribution is 2.28. The molecule has 21 heavy (non-hydrogen) atoms. The van der Waals surface area contributed by atoms with Gasteiger partial charge in [0.2, 0.25) is 0 Å². The minimum atomic E-state index is 0.182. The summed E-state index contributed by atoms with van der Waals surface area (Å²) in [4.78, 5) is 2.09. The van der Waals surface area contributed by atoms with Gasteiger partial charge in [0.15, 0.2) is 5.82 Å². The monoisotopic (exact) mass is 291 g/mol. The minimum absolute atomic E-state index is 0.182. The van der Waals surface area contributed by atoms with Gasteiger partial charge in [-0.2, -0.15) is 10.4 Å². The fourth-order valence-electron chi connectivity index (χ4n) is 2.75. The highest BCUT2D eigenvalue weighted by molar-refractivity contribution is 5.65. The van der Waals surface area contributed by atoms with E-state index in [0.29, 0.717) is 23.1 Å². The van der Waals surface area contributed by atoms with Crippen LogP contribution < -0.4 is 10.6 Å². The summed E-state index contributed by atoms with van der Waals surface area (Å²) >= 11 is 0. The average Bonchev–Trinajstić information content (AvgIpc) is 2.81. The molecule has 0 radical (unpaired) electrons. The van der Waals surface area contributed by atoms with Crippen molar-refractivity contribution in [3.63, 3.8) is 0 Å². The molecule has 0 saturated carbocycles. The van der Waals surface area contributed by atoms with Gasteiger partial charge in [-0.25, -0.2) is 4.68 Å². The van der Waals surface area contributed by atoms with E-state index in [2.05, 4.69) is 29.9 Å². The highest BCUT2D eigenvalue weighted by Gasteiger charge is 2.26. The summed E-state index contributed by atoms with van der Waals surface area (Å²) in [6, 6.07) is 2.19. The molecule has 1 saturated heterocycles. The molecule has 0 spiro atoms. The number of piperidine rings is 1. The molecule has 1 aliphatic heterocycles. The second kappa shape index (κ2) is 6.81. The van der Waals surface area contributed by atoms with E-state index in [1.807, 2.05) is 0 Å². The molecule has 116 valence electrons. The number of nitrogen functional groups attached to an aromatic ring is 1. The van der Waals surface area contributed by atoms with Crippen LogP contribution in [0.15, 0.2) is 0 Å². The summed E-state index contributed by atoms with van der Waals surface area (Å²) in [5.74, 6) is 1.96. The minimum Gasteiger partial charge on any atom is -0.396 e. The normalized spacial score (nSPS) is 19.0. The van der Waals surface area contributed by atoms with Gasteiger partial charge in [-0.1, -0.05) is 13.8 Å². The average molecular weight is 291 g/mol. The smallest absolute Gasteiger partial charge is 0.170 e. The largest absolute Gasteiger partial charge is 0.396 e. The molecule has 1 aromatic heterocycles. The first kappa shape index (κ1) is 15.6. The number of nitriles is 1. The van der Waals surface area contributed by atoms with Crippen LogP contribution in [0.4, 0.5) is 11.6 Å². The second-order valence-corrected chi connectivity index (χ2v) is 6.24. The molecule has 0 amide bonds. The third kappa shape index (κ3) is 3.48. The lowest BCUT2D eigenvalue weighted by Crippen LogP contribution is -2.37. The van der Waals surface area contributed by atoms with Crippen molar-refractivity contribution in [2.24, 2.45) is 11.8 Å². The number of hydrogen-bond donors (Lipinski definition) is 2. The van der Waals surface area contributed by atoms with Gasteiger partial charge in [0, 0.05) is 26.2 Å². The number of nitrogens with two attached hydrogens (primary N) is 1. The molecule has 6 nitrogen and oxygen atoms in total. The van der Waals surface area contributed by atoms with Crippen LogP contribution in [0.3, 0.4) is 0 Å². The Morgan fingerprint density at radius 2 is 2.29 bits per heavy atom. The van der Waals surface area contributed by atoms with Gasteiger partial charge < -0.3 is 15.7 Å². The van der Waals surface area contributed by atoms with Crippen molar-refractivity contribution in [1.29, 1.82) is 5.26 Å². The van der Waals surface area contributed by atoms with Crippen LogP contribution in [0.5, 0.6) is 0 Å². The van der Waals surface area contributed by atoms with Crippen LogP contribution in [0.2, 0.25) is 0 Å². The van der Waals surface area contributed by atoms with Gasteiger partial charge in [0.25, 0.3) is 0 Å². The third-order valence-corrected chi connectivity index (χ3v) is 4.08. The SMILES string of the molecule is CC(C)CCn1nc(N2CCCC(CO)C2)c(C#N)c1N.